The zero-order chi connectivity index (χ0) is 18.7. The van der Waals surface area contributed by atoms with Crippen molar-refractivity contribution in [3.8, 4) is 16.9 Å². The summed E-state index contributed by atoms with van der Waals surface area (Å²) in [5.41, 5.74) is 7.77. The maximum absolute atomic E-state index is 12.9. The van der Waals surface area contributed by atoms with E-state index in [0.717, 1.165) is 16.7 Å². The fourth-order valence-electron chi connectivity index (χ4n) is 3.05. The average molecular weight is 370 g/mol. The van der Waals surface area contributed by atoms with Crippen LogP contribution in [0.5, 0.6) is 5.75 Å². The zero-order valence-electron chi connectivity index (χ0n) is 14.4. The Balaban J connectivity index is 1.77. The molecule has 1 aliphatic carbocycles. The van der Waals surface area contributed by atoms with Crippen LogP contribution < -0.4 is 5.73 Å². The van der Waals surface area contributed by atoms with Crippen molar-refractivity contribution in [1.82, 2.24) is 0 Å². The lowest BCUT2D eigenvalue weighted by Crippen LogP contribution is -2.54. The lowest BCUT2D eigenvalue weighted by molar-refractivity contribution is -0.136. The number of nitrogens with two attached hydrogens (primary N) is 1. The Bertz CT molecular complexity index is 856. The highest BCUT2D eigenvalue weighted by Crippen LogP contribution is 2.28. The third kappa shape index (κ3) is 3.58. The average Bonchev–Trinajstić information content (AvgIpc) is 2.63. The Kier molecular flexibility index (Phi) is 5.28. The van der Waals surface area contributed by atoms with Gasteiger partial charge in [0.15, 0.2) is 11.4 Å². The molecule has 134 valence electrons. The minimum atomic E-state index is -1.20. The molecule has 2 atom stereocenters. The fraction of sp³-hybridized carbons (Fsp3) is 0.190. The van der Waals surface area contributed by atoms with E-state index in [4.69, 9.17) is 22.1 Å². The van der Waals surface area contributed by atoms with Crippen LogP contribution in [-0.4, -0.2) is 29.6 Å². The van der Waals surface area contributed by atoms with Crippen LogP contribution >= 0.6 is 11.6 Å². The molecule has 0 saturated heterocycles. The fourth-order valence-corrected chi connectivity index (χ4v) is 3.25. The van der Waals surface area contributed by atoms with Crippen LogP contribution in [0.25, 0.3) is 11.1 Å². The Morgan fingerprint density at radius 3 is 2.27 bits per heavy atom. The van der Waals surface area contributed by atoms with Gasteiger partial charge in [-0.2, -0.15) is 0 Å². The van der Waals surface area contributed by atoms with Crippen molar-refractivity contribution in [3.05, 3.63) is 77.4 Å². The topological polar surface area (TPSA) is 72.5 Å². The highest BCUT2D eigenvalue weighted by atomic mass is 35.5. The molecule has 1 aliphatic rings. The predicted octanol–water partition coefficient (Wildman–Crippen LogP) is 3.58. The molecule has 4 nitrogen and oxygen atoms in total. The van der Waals surface area contributed by atoms with Gasteiger partial charge in [-0.15, -0.1) is 0 Å². The first-order valence-corrected chi connectivity index (χ1v) is 8.61. The number of hydrogen-bond donors (Lipinski definition) is 2. The summed E-state index contributed by atoms with van der Waals surface area (Å²) in [6.45, 7) is 0. The second-order valence-corrected chi connectivity index (χ2v) is 6.69. The van der Waals surface area contributed by atoms with Crippen molar-refractivity contribution in [3.63, 3.8) is 0 Å². The van der Waals surface area contributed by atoms with Gasteiger partial charge in [0.1, 0.15) is 5.75 Å². The molecule has 3 rings (SSSR count). The Hall–Kier alpha value is -2.40. The Morgan fingerprint density at radius 1 is 1.15 bits per heavy atom. The van der Waals surface area contributed by atoms with Gasteiger partial charge in [-0.3, -0.25) is 4.79 Å². The predicted molar refractivity (Wildman–Crippen MR) is 103 cm³/mol. The van der Waals surface area contributed by atoms with E-state index in [2.05, 4.69) is 0 Å². The maximum atomic E-state index is 12.9. The lowest BCUT2D eigenvalue weighted by atomic mass is 9.83. The first kappa shape index (κ1) is 18.4. The molecule has 0 amide bonds. The van der Waals surface area contributed by atoms with Gasteiger partial charge in [0.2, 0.25) is 0 Å². The van der Waals surface area contributed by atoms with Gasteiger partial charge in [-0.25, -0.2) is 0 Å². The van der Waals surface area contributed by atoms with Crippen molar-refractivity contribution in [2.24, 2.45) is 5.73 Å². The second-order valence-electron chi connectivity index (χ2n) is 6.25. The summed E-state index contributed by atoms with van der Waals surface area (Å²) in [5.74, 6) is 0.105. The zero-order valence-corrected chi connectivity index (χ0v) is 15.1. The first-order valence-electron chi connectivity index (χ1n) is 8.23. The molecular formula is C21H20ClNO3. The minimum absolute atomic E-state index is 0.124. The number of phenolic OH excluding ortho intramolecular Hbond substituents is 1. The van der Waals surface area contributed by atoms with E-state index in [1.807, 2.05) is 36.4 Å². The molecule has 26 heavy (non-hydrogen) atoms. The third-order valence-electron chi connectivity index (χ3n) is 4.62. The summed E-state index contributed by atoms with van der Waals surface area (Å²) in [4.78, 5) is 12.9. The van der Waals surface area contributed by atoms with Gasteiger partial charge >= 0.3 is 0 Å². The van der Waals surface area contributed by atoms with Crippen LogP contribution in [0.2, 0.25) is 0 Å². The molecule has 0 fully saturated rings. The minimum Gasteiger partial charge on any atom is -0.508 e. The monoisotopic (exact) mass is 369 g/mol. The van der Waals surface area contributed by atoms with Gasteiger partial charge < -0.3 is 15.6 Å². The number of methoxy groups -OCH3 is 1. The van der Waals surface area contributed by atoms with Crippen LogP contribution in [-0.2, 0) is 16.0 Å². The number of ether oxygens (including phenoxy) is 1. The van der Waals surface area contributed by atoms with Crippen LogP contribution in [0, 0.1) is 0 Å². The lowest BCUT2D eigenvalue weighted by Gasteiger charge is -2.34. The number of halogens is 1. The van der Waals surface area contributed by atoms with E-state index >= 15 is 0 Å². The number of benzene rings is 2. The van der Waals surface area contributed by atoms with Crippen LogP contribution in [0.15, 0.2) is 71.8 Å². The van der Waals surface area contributed by atoms with Crippen LogP contribution in [0.3, 0.4) is 0 Å². The smallest absolute Gasteiger partial charge is 0.174 e. The summed E-state index contributed by atoms with van der Waals surface area (Å²) >= 11 is 5.96. The Morgan fingerprint density at radius 2 is 1.73 bits per heavy atom. The number of rotatable bonds is 5. The van der Waals surface area contributed by atoms with Crippen LogP contribution in [0.4, 0.5) is 0 Å². The largest absolute Gasteiger partial charge is 0.508 e. The molecule has 0 spiro atoms. The highest BCUT2D eigenvalue weighted by molar-refractivity contribution is 6.31. The van der Waals surface area contributed by atoms with E-state index in [0.29, 0.717) is 5.03 Å². The maximum Gasteiger partial charge on any atom is 0.174 e. The molecule has 0 aliphatic heterocycles. The van der Waals surface area contributed by atoms with Crippen molar-refractivity contribution in [2.75, 3.05) is 7.11 Å². The molecule has 0 saturated carbocycles. The number of Topliss-reactive ketones (excluding diaryl/α,β-unsaturated/α-hetero) is 1. The quantitative estimate of drug-likeness (QED) is 0.845. The molecule has 0 heterocycles. The van der Waals surface area contributed by atoms with E-state index in [-0.39, 0.29) is 18.0 Å². The molecule has 5 heteroatoms. The van der Waals surface area contributed by atoms with E-state index in [1.165, 1.54) is 7.11 Å². The summed E-state index contributed by atoms with van der Waals surface area (Å²) < 4.78 is 5.49. The first-order chi connectivity index (χ1) is 12.4. The summed E-state index contributed by atoms with van der Waals surface area (Å²) in [6, 6.07) is 14.1. The van der Waals surface area contributed by atoms with Crippen molar-refractivity contribution in [1.29, 1.82) is 0 Å². The van der Waals surface area contributed by atoms with E-state index < -0.39 is 11.6 Å². The standard InChI is InChI=1S/C21H20ClNO3/c1-26-21(11-10-17(22)13-19(21)23)20(25)12-14-2-4-15(5-3-14)16-6-8-18(24)9-7-16/h2-11,13,19,24H,12,23H2,1H3. The molecule has 0 aromatic heterocycles. The van der Waals surface area contributed by atoms with E-state index in [9.17, 15) is 9.90 Å². The third-order valence-corrected chi connectivity index (χ3v) is 4.87. The Labute approximate surface area is 157 Å². The molecule has 0 radical (unpaired) electrons. The molecule has 3 N–H and O–H groups in total. The number of allylic oxidation sites excluding steroid dienone is 2. The molecular weight excluding hydrogens is 350 g/mol. The molecule has 2 unspecified atom stereocenters. The summed E-state index contributed by atoms with van der Waals surface area (Å²) in [5, 5.41) is 9.88. The summed E-state index contributed by atoms with van der Waals surface area (Å²) in [7, 11) is 1.48. The summed E-state index contributed by atoms with van der Waals surface area (Å²) in [6.07, 6.45) is 5.09. The number of phenols is 1. The molecule has 0 bridgehead atoms. The highest BCUT2D eigenvalue weighted by Gasteiger charge is 2.42. The van der Waals surface area contributed by atoms with Crippen molar-refractivity contribution in [2.45, 2.75) is 18.1 Å². The number of hydrogen-bond acceptors (Lipinski definition) is 4. The molecule has 2 aromatic rings. The van der Waals surface area contributed by atoms with Gasteiger partial charge in [0, 0.05) is 18.6 Å². The number of aromatic hydroxyl groups is 1. The number of carbonyl (C=O) groups is 1. The van der Waals surface area contributed by atoms with Crippen LogP contribution in [0.1, 0.15) is 5.56 Å². The van der Waals surface area contributed by atoms with Crippen molar-refractivity contribution < 1.29 is 14.6 Å². The number of ketones is 1. The number of carbonyl (C=O) groups excluding carboxylic acids is 1. The normalized spacial score (nSPS) is 22.1. The van der Waals surface area contributed by atoms with E-state index in [1.54, 1.807) is 30.4 Å². The van der Waals surface area contributed by atoms with Gasteiger partial charge in [-0.05, 0) is 47.1 Å². The second kappa shape index (κ2) is 7.46. The van der Waals surface area contributed by atoms with Crippen molar-refractivity contribution >= 4 is 17.4 Å². The van der Waals surface area contributed by atoms with Gasteiger partial charge in [0.25, 0.3) is 0 Å². The molecule has 2 aromatic carbocycles. The van der Waals surface area contributed by atoms with Gasteiger partial charge in [-0.1, -0.05) is 48.0 Å². The SMILES string of the molecule is COC1(C(=O)Cc2ccc(-c3ccc(O)cc3)cc2)C=CC(Cl)=CC1N. The van der Waals surface area contributed by atoms with Gasteiger partial charge in [0.05, 0.1) is 6.04 Å².